The molecular weight excluding hydrogens is 216 g/mol. The van der Waals surface area contributed by atoms with Crippen LogP contribution in [0.4, 0.5) is 0 Å². The normalized spacial score (nSPS) is 9.50. The van der Waals surface area contributed by atoms with Crippen LogP contribution in [0.2, 0.25) is 0 Å². The molecule has 0 amide bonds. The molecule has 0 bridgehead atoms. The molecule has 0 aliphatic heterocycles. The maximum absolute atomic E-state index is 9.60. The fraction of sp³-hybridized carbons (Fsp3) is 0.400. The lowest BCUT2D eigenvalue weighted by Crippen LogP contribution is -2.03. The highest BCUT2D eigenvalue weighted by atomic mass is 16.4. The third-order valence-electron chi connectivity index (χ3n) is 0.804. The Morgan fingerprint density at radius 3 is 1.56 bits per heavy atom. The van der Waals surface area contributed by atoms with Gasteiger partial charge in [0, 0.05) is 11.6 Å². The zero-order valence-corrected chi connectivity index (χ0v) is 9.38. The van der Waals surface area contributed by atoms with Gasteiger partial charge in [-0.15, -0.1) is 0 Å². The summed E-state index contributed by atoms with van der Waals surface area (Å²) in [5.74, 6) is -1.92. The van der Waals surface area contributed by atoms with Crippen molar-refractivity contribution in [2.24, 2.45) is 0 Å². The summed E-state index contributed by atoms with van der Waals surface area (Å²) in [5.41, 5.74) is 0.176. The van der Waals surface area contributed by atoms with Crippen molar-refractivity contribution in [1.82, 2.24) is 0 Å². The molecule has 16 heavy (non-hydrogen) atoms. The Balaban J connectivity index is -0.000000160. The fourth-order valence-corrected chi connectivity index (χ4v) is 0. The van der Waals surface area contributed by atoms with Gasteiger partial charge in [-0.05, 0) is 13.8 Å². The molecule has 1 unspecified atom stereocenters. The molecule has 4 N–H and O–H groups in total. The quantitative estimate of drug-likeness (QED) is 0.521. The predicted octanol–water partition coefficient (Wildman–Crippen LogP) is 0.264. The largest absolute Gasteiger partial charge is 0.478 e. The summed E-state index contributed by atoms with van der Waals surface area (Å²) in [5, 5.41) is 31.5. The minimum Gasteiger partial charge on any atom is -0.478 e. The molecule has 0 aromatic heterocycles. The van der Waals surface area contributed by atoms with Crippen LogP contribution in [0.1, 0.15) is 13.8 Å². The SMILES string of the molecule is C=C(C)C(=O)O.C=CC(=O)O.CC(O)CO. The third-order valence-corrected chi connectivity index (χ3v) is 0.804. The van der Waals surface area contributed by atoms with Crippen molar-refractivity contribution in [2.75, 3.05) is 6.61 Å². The molecule has 0 rings (SSSR count). The van der Waals surface area contributed by atoms with Crippen LogP contribution in [0.3, 0.4) is 0 Å². The van der Waals surface area contributed by atoms with E-state index in [1.54, 1.807) is 0 Å². The third kappa shape index (κ3) is 39.5. The smallest absolute Gasteiger partial charge is 0.330 e. The molecule has 0 radical (unpaired) electrons. The Morgan fingerprint density at radius 2 is 1.56 bits per heavy atom. The highest BCUT2D eigenvalue weighted by Crippen LogP contribution is 1.81. The zero-order valence-electron chi connectivity index (χ0n) is 9.38. The van der Waals surface area contributed by atoms with Crippen molar-refractivity contribution in [3.63, 3.8) is 0 Å². The number of hydrogen-bond acceptors (Lipinski definition) is 4. The Hall–Kier alpha value is -1.66. The fourth-order valence-electron chi connectivity index (χ4n) is 0. The average Bonchev–Trinajstić information content (AvgIpc) is 2.19. The topological polar surface area (TPSA) is 115 Å². The van der Waals surface area contributed by atoms with Gasteiger partial charge in [0.15, 0.2) is 0 Å². The number of hydrogen-bond donors (Lipinski definition) is 4. The van der Waals surface area contributed by atoms with Crippen LogP contribution in [0.5, 0.6) is 0 Å². The maximum atomic E-state index is 9.60. The summed E-state index contributed by atoms with van der Waals surface area (Å²) in [7, 11) is 0. The van der Waals surface area contributed by atoms with Crippen molar-refractivity contribution in [2.45, 2.75) is 20.0 Å². The van der Waals surface area contributed by atoms with Crippen LogP contribution >= 0.6 is 0 Å². The van der Waals surface area contributed by atoms with Crippen LogP contribution in [-0.2, 0) is 9.59 Å². The van der Waals surface area contributed by atoms with Gasteiger partial charge in [-0.2, -0.15) is 0 Å². The van der Waals surface area contributed by atoms with Crippen LogP contribution < -0.4 is 0 Å². The molecule has 0 aromatic rings. The van der Waals surface area contributed by atoms with E-state index in [0.29, 0.717) is 0 Å². The molecule has 1 atom stereocenters. The van der Waals surface area contributed by atoms with E-state index in [2.05, 4.69) is 13.2 Å². The molecule has 94 valence electrons. The zero-order chi connectivity index (χ0) is 13.7. The molecule has 0 fully saturated rings. The number of carboxylic acid groups (broad SMARTS) is 2. The van der Waals surface area contributed by atoms with E-state index in [9.17, 15) is 9.59 Å². The van der Waals surface area contributed by atoms with E-state index < -0.39 is 18.0 Å². The lowest BCUT2D eigenvalue weighted by Gasteiger charge is -1.90. The van der Waals surface area contributed by atoms with Crippen LogP contribution in [0.15, 0.2) is 24.8 Å². The number of aliphatic hydroxyl groups is 2. The van der Waals surface area contributed by atoms with E-state index in [0.717, 1.165) is 6.08 Å². The van der Waals surface area contributed by atoms with Gasteiger partial charge in [0.05, 0.1) is 12.7 Å². The first-order valence-electron chi connectivity index (χ1n) is 4.22. The Morgan fingerprint density at radius 1 is 1.38 bits per heavy atom. The molecule has 6 nitrogen and oxygen atoms in total. The summed E-state index contributed by atoms with van der Waals surface area (Å²) in [6.45, 7) is 8.95. The number of carbonyl (C=O) groups is 2. The average molecular weight is 234 g/mol. The first-order valence-corrected chi connectivity index (χ1v) is 4.22. The molecule has 0 spiro atoms. The second-order valence-corrected chi connectivity index (χ2v) is 2.66. The van der Waals surface area contributed by atoms with Gasteiger partial charge in [0.2, 0.25) is 0 Å². The van der Waals surface area contributed by atoms with Gasteiger partial charge >= 0.3 is 11.9 Å². The monoisotopic (exact) mass is 234 g/mol. The summed E-state index contributed by atoms with van der Waals surface area (Å²) >= 11 is 0. The van der Waals surface area contributed by atoms with E-state index in [1.807, 2.05) is 0 Å². The van der Waals surface area contributed by atoms with Crippen molar-refractivity contribution in [3.05, 3.63) is 24.8 Å². The molecule has 0 heterocycles. The Bertz CT molecular complexity index is 219. The highest BCUT2D eigenvalue weighted by molar-refractivity contribution is 5.84. The Labute approximate surface area is 94.2 Å². The lowest BCUT2D eigenvalue weighted by atomic mass is 10.4. The molecular formula is C10H18O6. The maximum Gasteiger partial charge on any atom is 0.330 e. The summed E-state index contributed by atoms with van der Waals surface area (Å²) < 4.78 is 0. The van der Waals surface area contributed by atoms with E-state index >= 15 is 0 Å². The number of aliphatic carboxylic acids is 2. The highest BCUT2D eigenvalue weighted by Gasteiger charge is 1.90. The second-order valence-electron chi connectivity index (χ2n) is 2.66. The molecule has 6 heteroatoms. The van der Waals surface area contributed by atoms with E-state index in [4.69, 9.17) is 20.4 Å². The van der Waals surface area contributed by atoms with Gasteiger partial charge < -0.3 is 20.4 Å². The molecule has 0 aliphatic rings. The molecule has 0 saturated carbocycles. The molecule has 0 aliphatic carbocycles. The number of rotatable bonds is 3. The summed E-state index contributed by atoms with van der Waals surface area (Å²) in [4.78, 5) is 18.8. The molecule has 0 aromatic carbocycles. The van der Waals surface area contributed by atoms with Crippen molar-refractivity contribution in [1.29, 1.82) is 0 Å². The van der Waals surface area contributed by atoms with Gasteiger partial charge in [-0.3, -0.25) is 0 Å². The first-order chi connectivity index (χ1) is 7.18. The van der Waals surface area contributed by atoms with Gasteiger partial charge in [0.1, 0.15) is 0 Å². The predicted molar refractivity (Wildman–Crippen MR) is 59.0 cm³/mol. The standard InChI is InChI=1S/C4H6O2.C3H8O2.C3H4O2/c1-3(2)4(5)6;1-3(5)2-4;1-2-3(4)5/h1H2,2H3,(H,5,6);3-5H,2H2,1H3;2H,1H2,(H,4,5). The minimum absolute atomic E-state index is 0.139. The van der Waals surface area contributed by atoms with Crippen LogP contribution in [0, 0.1) is 0 Å². The van der Waals surface area contributed by atoms with Crippen molar-refractivity contribution in [3.8, 4) is 0 Å². The van der Waals surface area contributed by atoms with Crippen molar-refractivity contribution >= 4 is 11.9 Å². The Kier molecular flexibility index (Phi) is 16.5. The lowest BCUT2D eigenvalue weighted by molar-refractivity contribution is -0.133. The van der Waals surface area contributed by atoms with Gasteiger partial charge in [-0.25, -0.2) is 9.59 Å². The van der Waals surface area contributed by atoms with Gasteiger partial charge in [-0.1, -0.05) is 13.2 Å². The van der Waals surface area contributed by atoms with E-state index in [-0.39, 0.29) is 12.2 Å². The summed E-state index contributed by atoms with van der Waals surface area (Å²) in [6, 6.07) is 0. The number of carboxylic acids is 2. The van der Waals surface area contributed by atoms with Crippen molar-refractivity contribution < 1.29 is 30.0 Å². The van der Waals surface area contributed by atoms with E-state index in [1.165, 1.54) is 13.8 Å². The number of aliphatic hydroxyl groups excluding tert-OH is 2. The molecule has 0 saturated heterocycles. The van der Waals surface area contributed by atoms with Crippen LogP contribution in [0.25, 0.3) is 0 Å². The van der Waals surface area contributed by atoms with Crippen LogP contribution in [-0.4, -0.2) is 45.1 Å². The minimum atomic E-state index is -0.981. The second kappa shape index (κ2) is 13.3. The first kappa shape index (κ1) is 19.8. The van der Waals surface area contributed by atoms with Gasteiger partial charge in [0.25, 0.3) is 0 Å². The summed E-state index contributed by atoms with van der Waals surface area (Å²) in [6.07, 6.45) is 0.273.